The van der Waals surface area contributed by atoms with Gasteiger partial charge in [-0.25, -0.2) is 9.97 Å². The molecule has 0 radical (unpaired) electrons. The fraction of sp³-hybridized carbons (Fsp3) is 0.250. The van der Waals surface area contributed by atoms with E-state index in [1.165, 1.54) is 0 Å². The first-order valence-electron chi connectivity index (χ1n) is 10.2. The Kier molecular flexibility index (Phi) is 6.25. The van der Waals surface area contributed by atoms with Crippen molar-refractivity contribution < 1.29 is 9.47 Å². The number of imidazole rings is 1. The third-order valence-corrected chi connectivity index (χ3v) is 5.08. The topological polar surface area (TPSA) is 72.1 Å². The van der Waals surface area contributed by atoms with Crippen LogP contribution in [0.4, 0.5) is 11.6 Å². The summed E-state index contributed by atoms with van der Waals surface area (Å²) in [5.74, 6) is 2.50. The third-order valence-electron chi connectivity index (χ3n) is 5.08. The molecule has 1 fully saturated rings. The molecule has 0 unspecified atom stereocenters. The predicted octanol–water partition coefficient (Wildman–Crippen LogP) is 5.91. The number of nitrogens with one attached hydrogen (secondary N) is 2. The predicted molar refractivity (Wildman–Crippen MR) is 120 cm³/mol. The number of hydrogen-bond donors (Lipinski definition) is 2. The molecule has 6 heteroatoms. The van der Waals surface area contributed by atoms with Crippen molar-refractivity contribution in [1.29, 1.82) is 0 Å². The van der Waals surface area contributed by atoms with Gasteiger partial charge in [0.2, 0.25) is 11.8 Å². The molecule has 0 aliphatic carbocycles. The number of aromatic amines is 1. The molecule has 1 saturated heterocycles. The summed E-state index contributed by atoms with van der Waals surface area (Å²) in [7, 11) is 0. The van der Waals surface area contributed by atoms with Crippen molar-refractivity contribution in [2.45, 2.75) is 25.7 Å². The molecule has 1 aliphatic heterocycles. The molecule has 0 spiro atoms. The van der Waals surface area contributed by atoms with Crippen LogP contribution in [0.1, 0.15) is 42.6 Å². The lowest BCUT2D eigenvalue weighted by Gasteiger charge is -2.23. The summed E-state index contributed by atoms with van der Waals surface area (Å²) < 4.78 is 11.6. The van der Waals surface area contributed by atoms with Gasteiger partial charge in [0.15, 0.2) is 0 Å². The molecular weight excluding hydrogens is 376 g/mol. The maximum absolute atomic E-state index is 6.11. The average molecular weight is 402 g/mol. The van der Waals surface area contributed by atoms with Gasteiger partial charge in [0.25, 0.3) is 0 Å². The van der Waals surface area contributed by atoms with Crippen molar-refractivity contribution in [3.05, 3.63) is 72.2 Å². The van der Waals surface area contributed by atoms with Crippen molar-refractivity contribution in [3.63, 3.8) is 0 Å². The molecule has 3 heterocycles. The summed E-state index contributed by atoms with van der Waals surface area (Å²) in [4.78, 5) is 12.2. The van der Waals surface area contributed by atoms with E-state index < -0.39 is 0 Å². The van der Waals surface area contributed by atoms with E-state index in [2.05, 4.69) is 32.9 Å². The Morgan fingerprint density at radius 2 is 2.00 bits per heavy atom. The molecule has 3 aromatic rings. The zero-order valence-electron chi connectivity index (χ0n) is 17.1. The fourth-order valence-electron chi connectivity index (χ4n) is 3.57. The summed E-state index contributed by atoms with van der Waals surface area (Å²) in [6, 6.07) is 11.8. The average Bonchev–Trinajstić information content (AvgIpc) is 3.17. The Hall–Kier alpha value is -3.38. The van der Waals surface area contributed by atoms with Gasteiger partial charge in [-0.2, -0.15) is 0 Å². The monoisotopic (exact) mass is 402 g/mol. The number of ether oxygens (including phenoxy) is 2. The van der Waals surface area contributed by atoms with Gasteiger partial charge in [0.05, 0.1) is 11.4 Å². The van der Waals surface area contributed by atoms with Gasteiger partial charge < -0.3 is 19.8 Å². The van der Waals surface area contributed by atoms with Crippen LogP contribution < -0.4 is 10.1 Å². The first kappa shape index (κ1) is 19.9. The lowest BCUT2D eigenvalue weighted by Crippen LogP contribution is -2.15. The molecule has 0 saturated carbocycles. The van der Waals surface area contributed by atoms with Gasteiger partial charge in [0, 0.05) is 30.7 Å². The zero-order valence-corrected chi connectivity index (χ0v) is 17.1. The van der Waals surface area contributed by atoms with Crippen molar-refractivity contribution >= 4 is 23.8 Å². The van der Waals surface area contributed by atoms with E-state index in [4.69, 9.17) is 9.47 Å². The smallest absolute Gasteiger partial charge is 0.222 e. The van der Waals surface area contributed by atoms with Crippen LogP contribution in [0.5, 0.6) is 11.6 Å². The molecule has 2 N–H and O–H groups in total. The molecule has 0 amide bonds. The van der Waals surface area contributed by atoms with Crippen LogP contribution in [0.15, 0.2) is 55.3 Å². The molecule has 0 atom stereocenters. The van der Waals surface area contributed by atoms with Gasteiger partial charge in [-0.15, -0.1) is 0 Å². The summed E-state index contributed by atoms with van der Waals surface area (Å²) >= 11 is 0. The van der Waals surface area contributed by atoms with Gasteiger partial charge >= 0.3 is 0 Å². The molecule has 154 valence electrons. The van der Waals surface area contributed by atoms with Crippen LogP contribution in [-0.4, -0.2) is 28.2 Å². The summed E-state index contributed by atoms with van der Waals surface area (Å²) in [5, 5.41) is 3.28. The Bertz CT molecular complexity index is 1020. The van der Waals surface area contributed by atoms with Crippen molar-refractivity contribution in [2.24, 2.45) is 0 Å². The number of hydrogen-bond acceptors (Lipinski definition) is 5. The quantitative estimate of drug-likeness (QED) is 0.514. The highest BCUT2D eigenvalue weighted by Gasteiger charge is 2.20. The second-order valence-electron chi connectivity index (χ2n) is 7.12. The van der Waals surface area contributed by atoms with E-state index in [0.717, 1.165) is 54.4 Å². The zero-order chi connectivity index (χ0) is 20.8. The molecule has 1 aliphatic rings. The van der Waals surface area contributed by atoms with Crippen molar-refractivity contribution in [3.8, 4) is 11.6 Å². The number of anilines is 2. The van der Waals surface area contributed by atoms with Crippen LogP contribution in [0, 0.1) is 0 Å². The van der Waals surface area contributed by atoms with Crippen LogP contribution in [0.2, 0.25) is 0 Å². The fourth-order valence-corrected chi connectivity index (χ4v) is 3.57. The largest absolute Gasteiger partial charge is 0.439 e. The van der Waals surface area contributed by atoms with Crippen LogP contribution in [-0.2, 0) is 4.74 Å². The summed E-state index contributed by atoms with van der Waals surface area (Å²) in [6.07, 6.45) is 9.42. The minimum Gasteiger partial charge on any atom is -0.439 e. The first-order chi connectivity index (χ1) is 14.8. The van der Waals surface area contributed by atoms with E-state index in [0.29, 0.717) is 17.7 Å². The van der Waals surface area contributed by atoms with Gasteiger partial charge in [-0.3, -0.25) is 0 Å². The van der Waals surface area contributed by atoms with E-state index in [9.17, 15) is 0 Å². The van der Waals surface area contributed by atoms with Gasteiger partial charge in [-0.1, -0.05) is 18.7 Å². The summed E-state index contributed by atoms with van der Waals surface area (Å²) in [5.41, 5.74) is 3.79. The standard InChI is InChI=1S/C24H26N4O2/c1-3-6-22-21(4-2)27-24(28-22)26-18-8-10-19(11-9-18)30-23-20(7-5-14-25-23)17-12-15-29-16-13-17/h3-11,14,17H,2,12-13,15-16H2,1H3,(H2,26,27,28)/b6-3-. The number of allylic oxidation sites excluding steroid dienone is 1. The molecule has 4 rings (SSSR count). The Morgan fingerprint density at radius 1 is 1.20 bits per heavy atom. The van der Waals surface area contributed by atoms with Crippen LogP contribution in [0.3, 0.4) is 0 Å². The maximum Gasteiger partial charge on any atom is 0.222 e. The molecule has 0 bridgehead atoms. The highest BCUT2D eigenvalue weighted by Crippen LogP contribution is 2.34. The molecule has 1 aromatic carbocycles. The third kappa shape index (κ3) is 4.60. The summed E-state index contributed by atoms with van der Waals surface area (Å²) in [6.45, 7) is 7.35. The van der Waals surface area contributed by atoms with Crippen molar-refractivity contribution in [1.82, 2.24) is 15.0 Å². The lowest BCUT2D eigenvalue weighted by molar-refractivity contribution is 0.0848. The minimum atomic E-state index is 0.424. The van der Waals surface area contributed by atoms with E-state index in [1.807, 2.05) is 49.4 Å². The first-order valence-corrected chi connectivity index (χ1v) is 10.2. The molecular formula is C24H26N4O2. The maximum atomic E-state index is 6.11. The van der Waals surface area contributed by atoms with Crippen LogP contribution in [0.25, 0.3) is 12.2 Å². The Labute approximate surface area is 176 Å². The SMILES string of the molecule is C=Cc1nc(Nc2ccc(Oc3ncccc3C3CCOCC3)cc2)[nH]c1/C=C\C. The lowest BCUT2D eigenvalue weighted by atomic mass is 9.92. The number of benzene rings is 1. The van der Waals surface area contributed by atoms with E-state index >= 15 is 0 Å². The number of rotatable bonds is 7. The van der Waals surface area contributed by atoms with Crippen molar-refractivity contribution in [2.75, 3.05) is 18.5 Å². The highest BCUT2D eigenvalue weighted by molar-refractivity contribution is 5.64. The normalized spacial score (nSPS) is 14.7. The Balaban J connectivity index is 1.47. The Morgan fingerprint density at radius 3 is 2.73 bits per heavy atom. The van der Waals surface area contributed by atoms with Crippen LogP contribution >= 0.6 is 0 Å². The number of H-pyrrole nitrogens is 1. The van der Waals surface area contributed by atoms with Gasteiger partial charge in [0.1, 0.15) is 5.75 Å². The highest BCUT2D eigenvalue weighted by atomic mass is 16.5. The second kappa shape index (κ2) is 9.41. The number of aromatic nitrogens is 3. The minimum absolute atomic E-state index is 0.424. The second-order valence-corrected chi connectivity index (χ2v) is 7.12. The van der Waals surface area contributed by atoms with E-state index in [-0.39, 0.29) is 0 Å². The number of pyridine rings is 1. The number of nitrogens with zero attached hydrogens (tertiary/aromatic N) is 2. The van der Waals surface area contributed by atoms with Gasteiger partial charge in [-0.05, 0) is 68.2 Å². The molecule has 6 nitrogen and oxygen atoms in total. The molecule has 30 heavy (non-hydrogen) atoms. The van der Waals surface area contributed by atoms with E-state index in [1.54, 1.807) is 12.3 Å². The molecule has 2 aromatic heterocycles.